The van der Waals surface area contributed by atoms with Crippen molar-refractivity contribution >= 4 is 12.1 Å². The summed E-state index contributed by atoms with van der Waals surface area (Å²) < 4.78 is 5.68. The summed E-state index contributed by atoms with van der Waals surface area (Å²) in [6, 6.07) is 16.1. The maximum atomic E-state index is 12.7. The van der Waals surface area contributed by atoms with E-state index in [1.165, 1.54) is 27.2 Å². The van der Waals surface area contributed by atoms with Crippen LogP contribution >= 0.6 is 0 Å². The van der Waals surface area contributed by atoms with Gasteiger partial charge in [-0.15, -0.1) is 0 Å². The molecule has 2 atom stereocenters. The van der Waals surface area contributed by atoms with Gasteiger partial charge in [-0.2, -0.15) is 0 Å². The Hall–Kier alpha value is -2.82. The van der Waals surface area contributed by atoms with Gasteiger partial charge in [-0.05, 0) is 35.1 Å². The number of rotatable bonds is 4. The Morgan fingerprint density at radius 2 is 1.57 bits per heavy atom. The summed E-state index contributed by atoms with van der Waals surface area (Å²) in [4.78, 5) is 25.7. The topological polar surface area (TPSA) is 66.8 Å². The number of hydrogen-bond acceptors (Lipinski definition) is 3. The molecule has 5 heteroatoms. The number of aliphatic carboxylic acids is 1. The summed E-state index contributed by atoms with van der Waals surface area (Å²) in [6.07, 6.45) is 2.71. The van der Waals surface area contributed by atoms with E-state index < -0.39 is 18.0 Å². The molecule has 146 valence electrons. The summed E-state index contributed by atoms with van der Waals surface area (Å²) in [7, 11) is 1.66. The van der Waals surface area contributed by atoms with Crippen molar-refractivity contribution in [2.45, 2.75) is 37.6 Å². The molecule has 2 aliphatic rings. The van der Waals surface area contributed by atoms with Gasteiger partial charge >= 0.3 is 12.1 Å². The zero-order valence-corrected chi connectivity index (χ0v) is 16.0. The number of nitrogens with zero attached hydrogens (tertiary/aromatic N) is 1. The van der Waals surface area contributed by atoms with Crippen LogP contribution in [0.5, 0.6) is 0 Å². The third-order valence-corrected chi connectivity index (χ3v) is 6.17. The Kier molecular flexibility index (Phi) is 5.07. The lowest BCUT2D eigenvalue weighted by atomic mass is 9.84. The molecule has 5 nitrogen and oxygen atoms in total. The van der Waals surface area contributed by atoms with Gasteiger partial charge in [-0.25, -0.2) is 4.79 Å². The predicted molar refractivity (Wildman–Crippen MR) is 106 cm³/mol. The molecule has 0 radical (unpaired) electrons. The van der Waals surface area contributed by atoms with Crippen molar-refractivity contribution in [2.24, 2.45) is 5.92 Å². The number of carbonyl (C=O) groups excluding carboxylic acids is 1. The molecule has 2 aromatic rings. The molecule has 0 saturated heterocycles. The van der Waals surface area contributed by atoms with Crippen LogP contribution in [0.25, 0.3) is 11.1 Å². The molecule has 0 bridgehead atoms. The van der Waals surface area contributed by atoms with Crippen LogP contribution in [0, 0.1) is 5.92 Å². The Bertz CT molecular complexity index is 848. The summed E-state index contributed by atoms with van der Waals surface area (Å²) in [6.45, 7) is 0.252. The van der Waals surface area contributed by atoms with Crippen molar-refractivity contribution in [1.82, 2.24) is 4.90 Å². The first-order chi connectivity index (χ1) is 13.6. The number of benzene rings is 2. The predicted octanol–water partition coefficient (Wildman–Crippen LogP) is 4.51. The minimum Gasteiger partial charge on any atom is -0.481 e. The smallest absolute Gasteiger partial charge is 0.409 e. The Balaban J connectivity index is 1.48. The van der Waals surface area contributed by atoms with Crippen molar-refractivity contribution in [2.75, 3.05) is 13.7 Å². The minimum absolute atomic E-state index is 0.00590. The maximum absolute atomic E-state index is 12.7. The number of carboxylic acids is 1. The first kappa shape index (κ1) is 18.5. The molecule has 0 aromatic heterocycles. The quantitative estimate of drug-likeness (QED) is 0.849. The molecule has 0 heterocycles. The second-order valence-electron chi connectivity index (χ2n) is 7.71. The number of carboxylic acid groups (broad SMARTS) is 1. The van der Waals surface area contributed by atoms with Crippen molar-refractivity contribution in [1.29, 1.82) is 0 Å². The number of hydrogen-bond donors (Lipinski definition) is 1. The molecule has 0 aliphatic heterocycles. The van der Waals surface area contributed by atoms with E-state index in [1.54, 1.807) is 7.05 Å². The van der Waals surface area contributed by atoms with E-state index in [4.69, 9.17) is 4.74 Å². The van der Waals surface area contributed by atoms with E-state index in [0.29, 0.717) is 12.8 Å². The minimum atomic E-state index is -0.831. The number of amides is 1. The fraction of sp³-hybridized carbons (Fsp3) is 0.391. The van der Waals surface area contributed by atoms with Gasteiger partial charge in [0.1, 0.15) is 6.61 Å². The average Bonchev–Trinajstić information content (AvgIpc) is 3.05. The van der Waals surface area contributed by atoms with Gasteiger partial charge in [-0.1, -0.05) is 61.4 Å². The van der Waals surface area contributed by atoms with Crippen molar-refractivity contribution in [3.63, 3.8) is 0 Å². The second kappa shape index (κ2) is 7.66. The highest BCUT2D eigenvalue weighted by Crippen LogP contribution is 2.44. The van der Waals surface area contributed by atoms with Crippen molar-refractivity contribution < 1.29 is 19.4 Å². The molecular formula is C23H25NO4. The monoisotopic (exact) mass is 379 g/mol. The largest absolute Gasteiger partial charge is 0.481 e. The average molecular weight is 379 g/mol. The van der Waals surface area contributed by atoms with E-state index in [1.807, 2.05) is 24.3 Å². The highest BCUT2D eigenvalue weighted by Gasteiger charge is 2.36. The summed E-state index contributed by atoms with van der Waals surface area (Å²) in [5.74, 6) is -1.34. The maximum Gasteiger partial charge on any atom is 0.409 e. The zero-order valence-electron chi connectivity index (χ0n) is 16.0. The van der Waals surface area contributed by atoms with Crippen LogP contribution in [0.2, 0.25) is 0 Å². The molecule has 28 heavy (non-hydrogen) atoms. The fourth-order valence-corrected chi connectivity index (χ4v) is 4.69. The Labute approximate surface area is 164 Å². The van der Waals surface area contributed by atoms with Crippen molar-refractivity contribution in [3.05, 3.63) is 59.7 Å². The van der Waals surface area contributed by atoms with Gasteiger partial charge in [0.15, 0.2) is 0 Å². The molecular weight excluding hydrogens is 354 g/mol. The molecule has 1 saturated carbocycles. The highest BCUT2D eigenvalue weighted by molar-refractivity contribution is 5.79. The van der Waals surface area contributed by atoms with E-state index in [2.05, 4.69) is 24.3 Å². The third kappa shape index (κ3) is 3.26. The van der Waals surface area contributed by atoms with Crippen LogP contribution in [0.1, 0.15) is 42.7 Å². The Morgan fingerprint density at radius 1 is 1.00 bits per heavy atom. The van der Waals surface area contributed by atoms with Gasteiger partial charge in [0.25, 0.3) is 0 Å². The first-order valence-electron chi connectivity index (χ1n) is 9.88. The molecule has 1 fully saturated rings. The molecule has 2 aliphatic carbocycles. The van der Waals surface area contributed by atoms with Gasteiger partial charge in [0, 0.05) is 19.0 Å². The molecule has 0 unspecified atom stereocenters. The lowest BCUT2D eigenvalue weighted by molar-refractivity contribution is -0.145. The number of carbonyl (C=O) groups is 2. The number of fused-ring (bicyclic) bond motifs is 3. The fourth-order valence-electron chi connectivity index (χ4n) is 4.69. The Morgan fingerprint density at radius 3 is 2.18 bits per heavy atom. The first-order valence-corrected chi connectivity index (χ1v) is 9.88. The second-order valence-corrected chi connectivity index (χ2v) is 7.71. The van der Waals surface area contributed by atoms with Crippen LogP contribution in [-0.4, -0.2) is 41.8 Å². The summed E-state index contributed by atoms with van der Waals surface area (Å²) in [5, 5.41) is 9.48. The van der Waals surface area contributed by atoms with Crippen LogP contribution in [0.15, 0.2) is 48.5 Å². The lowest BCUT2D eigenvalue weighted by Gasteiger charge is -2.35. The van der Waals surface area contributed by atoms with Crippen LogP contribution in [0.3, 0.4) is 0 Å². The molecule has 1 amide bonds. The van der Waals surface area contributed by atoms with Crippen LogP contribution in [-0.2, 0) is 9.53 Å². The van der Waals surface area contributed by atoms with Gasteiger partial charge in [0.2, 0.25) is 0 Å². The van der Waals surface area contributed by atoms with Gasteiger partial charge in [0.05, 0.1) is 5.92 Å². The van der Waals surface area contributed by atoms with E-state index in [0.717, 1.165) is 12.8 Å². The zero-order chi connectivity index (χ0) is 19.7. The summed E-state index contributed by atoms with van der Waals surface area (Å²) in [5.41, 5.74) is 4.71. The summed E-state index contributed by atoms with van der Waals surface area (Å²) >= 11 is 0. The van der Waals surface area contributed by atoms with E-state index >= 15 is 0 Å². The molecule has 4 rings (SSSR count). The number of ether oxygens (including phenoxy) is 1. The lowest BCUT2D eigenvalue weighted by Crippen LogP contribution is -2.46. The van der Waals surface area contributed by atoms with Crippen molar-refractivity contribution in [3.8, 4) is 11.1 Å². The van der Waals surface area contributed by atoms with Crippen LogP contribution < -0.4 is 0 Å². The van der Waals surface area contributed by atoms with E-state index in [-0.39, 0.29) is 18.6 Å². The van der Waals surface area contributed by atoms with Gasteiger partial charge < -0.3 is 14.7 Å². The highest BCUT2D eigenvalue weighted by atomic mass is 16.6. The molecule has 1 N–H and O–H groups in total. The standard InChI is InChI=1S/C23H25NO4/c1-24(21-13-7-6-12-19(21)22(25)26)23(27)28-14-20-17-10-4-2-8-15(17)16-9-3-5-11-18(16)20/h2-5,8-11,19-21H,6-7,12-14H2,1H3,(H,25,26)/t19-,21+/m0/s1. The SMILES string of the molecule is CN(C(=O)OCC1c2ccccc2-c2ccccc21)[C@@H]1CCCC[C@@H]1C(=O)O. The third-order valence-electron chi connectivity index (χ3n) is 6.17. The molecule has 2 aromatic carbocycles. The molecule has 0 spiro atoms. The van der Waals surface area contributed by atoms with Crippen LogP contribution in [0.4, 0.5) is 4.79 Å². The van der Waals surface area contributed by atoms with E-state index in [9.17, 15) is 14.7 Å². The van der Waals surface area contributed by atoms with Gasteiger partial charge in [-0.3, -0.25) is 4.79 Å². The normalized spacial score (nSPS) is 20.9.